The van der Waals surface area contributed by atoms with Crippen molar-refractivity contribution < 1.29 is 14.3 Å². The minimum Gasteiger partial charge on any atom is -0.462 e. The molecule has 1 aromatic carbocycles. The van der Waals surface area contributed by atoms with Crippen molar-refractivity contribution >= 4 is 63.2 Å². The van der Waals surface area contributed by atoms with E-state index in [-0.39, 0.29) is 17.6 Å². The lowest BCUT2D eigenvalue weighted by Gasteiger charge is -2.12. The van der Waals surface area contributed by atoms with Crippen molar-refractivity contribution in [1.82, 2.24) is 14.8 Å². The molecular formula is C23H24Cl2N4O3S2. The summed E-state index contributed by atoms with van der Waals surface area (Å²) in [5, 5.41) is 13.7. The van der Waals surface area contributed by atoms with Gasteiger partial charge >= 0.3 is 5.97 Å². The topological polar surface area (TPSA) is 86.1 Å². The van der Waals surface area contributed by atoms with Crippen LogP contribution in [-0.2, 0) is 28.9 Å². The van der Waals surface area contributed by atoms with Crippen LogP contribution in [0.25, 0.3) is 11.4 Å². The summed E-state index contributed by atoms with van der Waals surface area (Å²) in [6, 6.07) is 5.21. The summed E-state index contributed by atoms with van der Waals surface area (Å²) in [6.45, 7) is 4.65. The van der Waals surface area contributed by atoms with Gasteiger partial charge in [0, 0.05) is 22.0 Å². The van der Waals surface area contributed by atoms with Crippen LogP contribution < -0.4 is 5.32 Å². The zero-order valence-corrected chi connectivity index (χ0v) is 22.0. The molecule has 0 spiro atoms. The molecule has 2 aromatic heterocycles. The monoisotopic (exact) mass is 538 g/mol. The zero-order chi connectivity index (χ0) is 24.2. The molecule has 0 saturated carbocycles. The number of halogens is 2. The number of benzene rings is 1. The van der Waals surface area contributed by atoms with Crippen LogP contribution >= 0.6 is 46.3 Å². The summed E-state index contributed by atoms with van der Waals surface area (Å²) in [5.41, 5.74) is 2.25. The van der Waals surface area contributed by atoms with Crippen LogP contribution in [-0.4, -0.2) is 39.0 Å². The first-order valence-electron chi connectivity index (χ1n) is 11.1. The second-order valence-electron chi connectivity index (χ2n) is 7.65. The zero-order valence-electron chi connectivity index (χ0n) is 18.8. The Labute approximate surface area is 216 Å². The molecule has 1 aliphatic rings. The number of fused-ring (bicyclic) bond motifs is 1. The van der Waals surface area contributed by atoms with Gasteiger partial charge in [0.25, 0.3) is 0 Å². The number of anilines is 1. The van der Waals surface area contributed by atoms with Gasteiger partial charge in [-0.2, -0.15) is 0 Å². The highest BCUT2D eigenvalue weighted by atomic mass is 35.5. The summed E-state index contributed by atoms with van der Waals surface area (Å²) in [7, 11) is 0. The number of amides is 1. The minimum absolute atomic E-state index is 0.122. The first-order chi connectivity index (χ1) is 16.4. The van der Waals surface area contributed by atoms with Crippen molar-refractivity contribution in [2.24, 2.45) is 0 Å². The highest BCUT2D eigenvalue weighted by molar-refractivity contribution is 7.99. The number of hydrogen-bond donors (Lipinski definition) is 1. The van der Waals surface area contributed by atoms with E-state index in [4.69, 9.17) is 27.9 Å². The predicted octanol–water partition coefficient (Wildman–Crippen LogP) is 6.12. The number of aromatic nitrogens is 3. The van der Waals surface area contributed by atoms with Gasteiger partial charge in [0.2, 0.25) is 5.91 Å². The molecule has 1 amide bonds. The van der Waals surface area contributed by atoms with Crippen molar-refractivity contribution in [1.29, 1.82) is 0 Å². The number of ether oxygens (including phenoxy) is 1. The highest BCUT2D eigenvalue weighted by Gasteiger charge is 2.27. The van der Waals surface area contributed by atoms with Crippen LogP contribution in [0.5, 0.6) is 0 Å². The van der Waals surface area contributed by atoms with Crippen LogP contribution in [0, 0.1) is 0 Å². The number of nitrogens with zero attached hydrogens (tertiary/aromatic N) is 3. The molecule has 0 fully saturated rings. The number of hydrogen-bond acceptors (Lipinski definition) is 7. The summed E-state index contributed by atoms with van der Waals surface area (Å²) in [4.78, 5) is 26.6. The second kappa shape index (κ2) is 11.1. The molecule has 7 nitrogen and oxygen atoms in total. The van der Waals surface area contributed by atoms with Crippen molar-refractivity contribution in [3.05, 3.63) is 44.2 Å². The number of esters is 1. The van der Waals surface area contributed by atoms with Gasteiger partial charge < -0.3 is 14.6 Å². The van der Waals surface area contributed by atoms with Crippen molar-refractivity contribution in [3.8, 4) is 11.4 Å². The highest BCUT2D eigenvalue weighted by Crippen LogP contribution is 2.39. The fourth-order valence-electron chi connectivity index (χ4n) is 3.92. The number of thioether (sulfide) groups is 1. The molecule has 0 aliphatic heterocycles. The van der Waals surface area contributed by atoms with Gasteiger partial charge in [-0.05, 0) is 63.3 Å². The molecule has 34 heavy (non-hydrogen) atoms. The van der Waals surface area contributed by atoms with E-state index in [9.17, 15) is 9.59 Å². The Morgan fingerprint density at radius 3 is 2.74 bits per heavy atom. The largest absolute Gasteiger partial charge is 0.462 e. The summed E-state index contributed by atoms with van der Waals surface area (Å²) in [5.74, 6) is 0.144. The van der Waals surface area contributed by atoms with E-state index >= 15 is 0 Å². The van der Waals surface area contributed by atoms with Gasteiger partial charge in [-0.25, -0.2) is 4.79 Å². The average molecular weight is 540 g/mol. The van der Waals surface area contributed by atoms with Gasteiger partial charge in [-0.15, -0.1) is 21.5 Å². The first-order valence-corrected chi connectivity index (χ1v) is 13.6. The third-order valence-corrected chi connectivity index (χ3v) is 8.16. The van der Waals surface area contributed by atoms with E-state index in [0.717, 1.165) is 41.7 Å². The lowest BCUT2D eigenvalue weighted by atomic mass is 9.95. The number of thiophene rings is 1. The molecule has 1 N–H and O–H groups in total. The number of carbonyl (C=O) groups excluding carboxylic acids is 2. The quantitative estimate of drug-likeness (QED) is 0.274. The molecule has 3 aromatic rings. The van der Waals surface area contributed by atoms with Crippen LogP contribution in [0.1, 0.15) is 47.5 Å². The number of aryl methyl sites for hydroxylation is 1. The number of rotatable bonds is 8. The lowest BCUT2D eigenvalue weighted by molar-refractivity contribution is -0.113. The number of nitrogens with one attached hydrogen (secondary N) is 1. The van der Waals surface area contributed by atoms with Crippen molar-refractivity contribution in [2.75, 3.05) is 17.7 Å². The van der Waals surface area contributed by atoms with E-state index in [1.807, 2.05) is 11.5 Å². The standard InChI is InChI=1S/C23H24Cl2N4O3S2/c1-3-29-20(14-10-9-13(24)11-16(14)25)27-28-23(29)33-12-18(30)26-21-19(22(31)32-4-2)15-7-5-6-8-17(15)34-21/h9-11H,3-8,12H2,1-2H3,(H,26,30). The molecule has 2 heterocycles. The van der Waals surface area contributed by atoms with E-state index in [1.165, 1.54) is 23.1 Å². The number of carbonyl (C=O) groups is 2. The second-order valence-corrected chi connectivity index (χ2v) is 10.5. The Bertz CT molecular complexity index is 1230. The SMILES string of the molecule is CCOC(=O)c1c(NC(=O)CSc2nnc(-c3ccc(Cl)cc3Cl)n2CC)sc2c1CCCC2. The van der Waals surface area contributed by atoms with E-state index < -0.39 is 0 Å². The summed E-state index contributed by atoms with van der Waals surface area (Å²) < 4.78 is 7.17. The normalized spacial score (nSPS) is 12.9. The Hall–Kier alpha value is -2.07. The molecule has 180 valence electrons. The van der Waals surface area contributed by atoms with Gasteiger partial charge in [0.05, 0.1) is 22.9 Å². The van der Waals surface area contributed by atoms with E-state index in [1.54, 1.807) is 25.1 Å². The van der Waals surface area contributed by atoms with E-state index in [0.29, 0.717) is 44.7 Å². The van der Waals surface area contributed by atoms with Crippen molar-refractivity contribution in [3.63, 3.8) is 0 Å². The Morgan fingerprint density at radius 2 is 2.00 bits per heavy atom. The maximum atomic E-state index is 12.8. The molecule has 0 bridgehead atoms. The molecule has 0 radical (unpaired) electrons. The molecule has 11 heteroatoms. The maximum absolute atomic E-state index is 12.8. The van der Waals surface area contributed by atoms with E-state index in [2.05, 4.69) is 15.5 Å². The third-order valence-electron chi connectivity index (χ3n) is 5.44. The molecule has 0 saturated heterocycles. The Balaban J connectivity index is 1.50. The fourth-order valence-corrected chi connectivity index (χ4v) is 6.51. The van der Waals surface area contributed by atoms with Crippen LogP contribution in [0.2, 0.25) is 10.0 Å². The smallest absolute Gasteiger partial charge is 0.341 e. The lowest BCUT2D eigenvalue weighted by Crippen LogP contribution is -2.17. The Kier molecular flexibility index (Phi) is 8.18. The first kappa shape index (κ1) is 25.0. The molecule has 0 atom stereocenters. The summed E-state index contributed by atoms with van der Waals surface area (Å²) in [6.07, 6.45) is 3.88. The third kappa shape index (κ3) is 5.27. The fraction of sp³-hybridized carbons (Fsp3) is 0.391. The maximum Gasteiger partial charge on any atom is 0.341 e. The Morgan fingerprint density at radius 1 is 1.21 bits per heavy atom. The molecular weight excluding hydrogens is 515 g/mol. The average Bonchev–Trinajstić information content (AvgIpc) is 3.38. The van der Waals surface area contributed by atoms with Crippen LogP contribution in [0.4, 0.5) is 5.00 Å². The van der Waals surface area contributed by atoms with Gasteiger partial charge in [-0.3, -0.25) is 4.79 Å². The van der Waals surface area contributed by atoms with Gasteiger partial charge in [0.15, 0.2) is 11.0 Å². The summed E-state index contributed by atoms with van der Waals surface area (Å²) >= 11 is 15.1. The van der Waals surface area contributed by atoms with Crippen LogP contribution in [0.3, 0.4) is 0 Å². The van der Waals surface area contributed by atoms with Gasteiger partial charge in [0.1, 0.15) is 5.00 Å². The van der Waals surface area contributed by atoms with Gasteiger partial charge in [-0.1, -0.05) is 35.0 Å². The minimum atomic E-state index is -0.375. The predicted molar refractivity (Wildman–Crippen MR) is 137 cm³/mol. The molecule has 0 unspecified atom stereocenters. The van der Waals surface area contributed by atoms with Crippen LogP contribution in [0.15, 0.2) is 23.4 Å². The molecule has 1 aliphatic carbocycles. The molecule has 4 rings (SSSR count). The van der Waals surface area contributed by atoms with Crippen molar-refractivity contribution in [2.45, 2.75) is 51.2 Å².